The normalized spacial score (nSPS) is 26.8. The van der Waals surface area contributed by atoms with Gasteiger partial charge in [0, 0.05) is 27.7 Å². The van der Waals surface area contributed by atoms with E-state index in [0.29, 0.717) is 13.0 Å². The zero-order valence-corrected chi connectivity index (χ0v) is 16.5. The molecule has 0 unspecified atom stereocenters. The highest BCUT2D eigenvalue weighted by Gasteiger charge is 2.51. The Hall–Kier alpha value is -2.24. The van der Waals surface area contributed by atoms with E-state index in [0.717, 1.165) is 0 Å². The lowest BCUT2D eigenvalue weighted by atomic mass is 9.96. The SMILES string of the molecule is CC(=O)N[C@H]1[C@H](OCCCN)O[C@H](COC(C)=O)[C@H](OC(C)=O)[C@@H]1OC(C)=O. The second kappa shape index (κ2) is 11.6. The molecule has 1 rings (SSSR count). The lowest BCUT2D eigenvalue weighted by Crippen LogP contribution is -2.66. The lowest BCUT2D eigenvalue weighted by molar-refractivity contribution is -0.277. The van der Waals surface area contributed by atoms with Gasteiger partial charge in [-0.05, 0) is 13.0 Å². The summed E-state index contributed by atoms with van der Waals surface area (Å²) < 4.78 is 27.0. The average molecular weight is 404 g/mol. The van der Waals surface area contributed by atoms with Gasteiger partial charge >= 0.3 is 17.9 Å². The molecule has 1 heterocycles. The standard InChI is InChI=1S/C17H28N2O9/c1-9(20)19-14-16(27-12(4)23)15(26-11(3)22)13(8-25-10(2)21)28-17(14)24-7-5-6-18/h13-17H,5-8,18H2,1-4H3,(H,19,20)/t13-,14-,15+,16-,17-/m1/s1. The molecular weight excluding hydrogens is 376 g/mol. The van der Waals surface area contributed by atoms with Crippen molar-refractivity contribution in [1.82, 2.24) is 5.32 Å². The number of nitrogens with two attached hydrogens (primary N) is 1. The highest BCUT2D eigenvalue weighted by Crippen LogP contribution is 2.28. The van der Waals surface area contributed by atoms with E-state index in [1.165, 1.54) is 27.7 Å². The summed E-state index contributed by atoms with van der Waals surface area (Å²) in [6.45, 7) is 5.15. The summed E-state index contributed by atoms with van der Waals surface area (Å²) >= 11 is 0. The van der Waals surface area contributed by atoms with Gasteiger partial charge in [-0.3, -0.25) is 19.2 Å². The third kappa shape index (κ3) is 7.79. The zero-order valence-electron chi connectivity index (χ0n) is 16.5. The number of esters is 3. The molecule has 1 aliphatic rings. The number of amides is 1. The maximum Gasteiger partial charge on any atom is 0.303 e. The van der Waals surface area contributed by atoms with Crippen molar-refractivity contribution in [2.75, 3.05) is 19.8 Å². The van der Waals surface area contributed by atoms with Gasteiger partial charge in [0.05, 0.1) is 6.61 Å². The summed E-state index contributed by atoms with van der Waals surface area (Å²) in [6, 6.07) is -0.961. The first-order valence-corrected chi connectivity index (χ1v) is 8.87. The first kappa shape index (κ1) is 23.8. The van der Waals surface area contributed by atoms with E-state index in [4.69, 9.17) is 29.4 Å². The molecule has 5 atom stereocenters. The Morgan fingerprint density at radius 1 is 0.964 bits per heavy atom. The van der Waals surface area contributed by atoms with Gasteiger partial charge in [0.1, 0.15) is 18.8 Å². The van der Waals surface area contributed by atoms with Gasteiger partial charge in [-0.1, -0.05) is 0 Å². The number of hydrogen-bond donors (Lipinski definition) is 2. The van der Waals surface area contributed by atoms with Crippen LogP contribution in [0.3, 0.4) is 0 Å². The Balaban J connectivity index is 3.21. The minimum absolute atomic E-state index is 0.211. The molecule has 3 N–H and O–H groups in total. The summed E-state index contributed by atoms with van der Waals surface area (Å²) in [4.78, 5) is 46.1. The van der Waals surface area contributed by atoms with Crippen molar-refractivity contribution in [3.8, 4) is 0 Å². The van der Waals surface area contributed by atoms with Crippen LogP contribution >= 0.6 is 0 Å². The number of rotatable bonds is 9. The van der Waals surface area contributed by atoms with Gasteiger partial charge in [-0.25, -0.2) is 0 Å². The average Bonchev–Trinajstić information content (AvgIpc) is 2.57. The van der Waals surface area contributed by atoms with Crippen molar-refractivity contribution in [1.29, 1.82) is 0 Å². The Morgan fingerprint density at radius 2 is 1.57 bits per heavy atom. The van der Waals surface area contributed by atoms with Crippen LogP contribution in [-0.4, -0.2) is 74.2 Å². The van der Waals surface area contributed by atoms with Crippen molar-refractivity contribution in [3.63, 3.8) is 0 Å². The zero-order chi connectivity index (χ0) is 21.3. The van der Waals surface area contributed by atoms with Crippen molar-refractivity contribution in [2.24, 2.45) is 5.73 Å². The summed E-state index contributed by atoms with van der Waals surface area (Å²) in [6.07, 6.45) is -3.76. The van der Waals surface area contributed by atoms with Gasteiger partial charge in [0.2, 0.25) is 5.91 Å². The highest BCUT2D eigenvalue weighted by molar-refractivity contribution is 5.73. The molecular formula is C17H28N2O9. The second-order valence-electron chi connectivity index (χ2n) is 6.23. The van der Waals surface area contributed by atoms with E-state index >= 15 is 0 Å². The molecule has 11 heteroatoms. The Morgan fingerprint density at radius 3 is 2.07 bits per heavy atom. The maximum absolute atomic E-state index is 11.7. The fourth-order valence-corrected chi connectivity index (χ4v) is 2.72. The fourth-order valence-electron chi connectivity index (χ4n) is 2.72. The third-order valence-corrected chi connectivity index (χ3v) is 3.70. The van der Waals surface area contributed by atoms with Crippen LogP contribution in [0.25, 0.3) is 0 Å². The summed E-state index contributed by atoms with van der Waals surface area (Å²) in [7, 11) is 0. The third-order valence-electron chi connectivity index (χ3n) is 3.70. The van der Waals surface area contributed by atoms with Gasteiger partial charge in [-0.2, -0.15) is 0 Å². The molecule has 0 aliphatic carbocycles. The molecule has 0 radical (unpaired) electrons. The van der Waals surface area contributed by atoms with E-state index in [2.05, 4.69) is 5.32 Å². The molecule has 0 aromatic heterocycles. The monoisotopic (exact) mass is 404 g/mol. The molecule has 0 bridgehead atoms. The van der Waals surface area contributed by atoms with Crippen molar-refractivity contribution in [2.45, 2.75) is 64.8 Å². The number of carbonyl (C=O) groups is 4. The second-order valence-corrected chi connectivity index (χ2v) is 6.23. The Labute approximate surface area is 163 Å². The summed E-state index contributed by atoms with van der Waals surface area (Å²) in [5.41, 5.74) is 5.46. The highest BCUT2D eigenvalue weighted by atomic mass is 16.7. The number of nitrogens with one attached hydrogen (secondary N) is 1. The van der Waals surface area contributed by atoms with E-state index in [-0.39, 0.29) is 13.2 Å². The maximum atomic E-state index is 11.7. The van der Waals surface area contributed by atoms with Crippen LogP contribution in [0.1, 0.15) is 34.1 Å². The lowest BCUT2D eigenvalue weighted by Gasteiger charge is -2.44. The van der Waals surface area contributed by atoms with E-state index in [1.54, 1.807) is 0 Å². The van der Waals surface area contributed by atoms with Crippen LogP contribution in [0.4, 0.5) is 0 Å². The summed E-state index contributed by atoms with van der Waals surface area (Å²) in [5, 5.41) is 2.61. The molecule has 0 aromatic rings. The molecule has 1 saturated heterocycles. The molecule has 28 heavy (non-hydrogen) atoms. The molecule has 0 spiro atoms. The molecule has 1 fully saturated rings. The predicted octanol–water partition coefficient (Wildman–Crippen LogP) is -0.992. The van der Waals surface area contributed by atoms with Crippen molar-refractivity contribution in [3.05, 3.63) is 0 Å². The van der Waals surface area contributed by atoms with Gasteiger partial charge in [0.15, 0.2) is 18.5 Å². The molecule has 0 aromatic carbocycles. The van der Waals surface area contributed by atoms with Crippen molar-refractivity contribution >= 4 is 23.8 Å². The largest absolute Gasteiger partial charge is 0.463 e. The molecule has 11 nitrogen and oxygen atoms in total. The predicted molar refractivity (Wildman–Crippen MR) is 93.6 cm³/mol. The first-order valence-electron chi connectivity index (χ1n) is 8.87. The van der Waals surface area contributed by atoms with Crippen LogP contribution in [0.2, 0.25) is 0 Å². The molecule has 0 saturated carbocycles. The number of carbonyl (C=O) groups excluding carboxylic acids is 4. The van der Waals surface area contributed by atoms with Crippen LogP contribution in [0.5, 0.6) is 0 Å². The minimum Gasteiger partial charge on any atom is -0.463 e. The smallest absolute Gasteiger partial charge is 0.303 e. The van der Waals surface area contributed by atoms with Gasteiger partial charge in [0.25, 0.3) is 0 Å². The Kier molecular flexibility index (Phi) is 9.83. The summed E-state index contributed by atoms with van der Waals surface area (Å²) in [5.74, 6) is -2.33. The van der Waals surface area contributed by atoms with E-state index < -0.39 is 54.5 Å². The number of hydrogen-bond acceptors (Lipinski definition) is 10. The van der Waals surface area contributed by atoms with E-state index in [9.17, 15) is 19.2 Å². The quantitative estimate of drug-likeness (QED) is 0.278. The van der Waals surface area contributed by atoms with Gasteiger partial charge in [-0.15, -0.1) is 0 Å². The van der Waals surface area contributed by atoms with Gasteiger partial charge < -0.3 is 34.7 Å². The van der Waals surface area contributed by atoms with Crippen LogP contribution in [0.15, 0.2) is 0 Å². The van der Waals surface area contributed by atoms with Crippen LogP contribution in [0, 0.1) is 0 Å². The van der Waals surface area contributed by atoms with Crippen molar-refractivity contribution < 1.29 is 42.9 Å². The number of ether oxygens (including phenoxy) is 5. The van der Waals surface area contributed by atoms with Crippen LogP contribution in [-0.2, 0) is 42.9 Å². The minimum atomic E-state index is -1.13. The molecule has 160 valence electrons. The van der Waals surface area contributed by atoms with E-state index in [1.807, 2.05) is 0 Å². The molecule has 1 amide bonds. The topological polar surface area (TPSA) is 152 Å². The molecule has 1 aliphatic heterocycles. The fraction of sp³-hybridized carbons (Fsp3) is 0.765. The Bertz CT molecular complexity index is 569. The van der Waals surface area contributed by atoms with Crippen LogP contribution < -0.4 is 11.1 Å². The first-order chi connectivity index (χ1) is 13.1.